The van der Waals surface area contributed by atoms with Crippen molar-refractivity contribution in [2.45, 2.75) is 26.8 Å². The molecule has 0 unspecified atom stereocenters. The molecule has 0 aliphatic heterocycles. The van der Waals surface area contributed by atoms with E-state index in [0.29, 0.717) is 36.2 Å². The smallest absolute Gasteiger partial charge is 0.263 e. The van der Waals surface area contributed by atoms with Crippen LogP contribution in [0.1, 0.15) is 23.9 Å². The molecular formula is C19H20N2O3. The van der Waals surface area contributed by atoms with Gasteiger partial charge >= 0.3 is 0 Å². The molecule has 24 heavy (non-hydrogen) atoms. The first-order valence-electron chi connectivity index (χ1n) is 7.99. The molecule has 0 radical (unpaired) electrons. The highest BCUT2D eigenvalue weighted by Crippen LogP contribution is 2.22. The molecule has 0 N–H and O–H groups in total. The van der Waals surface area contributed by atoms with Gasteiger partial charge in [-0.1, -0.05) is 30.3 Å². The highest BCUT2D eigenvalue weighted by atomic mass is 16.4. The van der Waals surface area contributed by atoms with Crippen molar-refractivity contribution in [1.82, 2.24) is 9.88 Å². The topological polar surface area (TPSA) is 59.5 Å². The summed E-state index contributed by atoms with van der Waals surface area (Å²) in [5.41, 5.74) is 1.76. The highest BCUT2D eigenvalue weighted by Gasteiger charge is 2.19. The molecule has 3 rings (SSSR count). The number of amides is 1. The van der Waals surface area contributed by atoms with E-state index in [1.54, 1.807) is 18.4 Å². The molecule has 0 saturated heterocycles. The number of rotatable bonds is 6. The third kappa shape index (κ3) is 3.56. The van der Waals surface area contributed by atoms with Crippen LogP contribution in [0, 0.1) is 6.92 Å². The van der Waals surface area contributed by atoms with E-state index in [1.165, 1.54) is 0 Å². The molecule has 0 fully saturated rings. The van der Waals surface area contributed by atoms with Crippen molar-refractivity contribution in [2.75, 3.05) is 6.54 Å². The SMILES string of the molecule is CCN(Cc1ccccc1)C(=O)Cc1nc(-c2ccco2)oc1C. The molecule has 0 bridgehead atoms. The van der Waals surface area contributed by atoms with Gasteiger partial charge in [0.05, 0.1) is 18.4 Å². The molecule has 2 aromatic heterocycles. The zero-order valence-corrected chi connectivity index (χ0v) is 13.9. The Hall–Kier alpha value is -2.82. The number of carbonyl (C=O) groups is 1. The summed E-state index contributed by atoms with van der Waals surface area (Å²) >= 11 is 0. The predicted octanol–water partition coefficient (Wildman–Crippen LogP) is 3.83. The molecule has 1 aromatic carbocycles. The average Bonchev–Trinajstić information content (AvgIpc) is 3.24. The number of likely N-dealkylation sites (N-methyl/N-ethyl adjacent to an activating group) is 1. The Morgan fingerprint density at radius 2 is 1.96 bits per heavy atom. The van der Waals surface area contributed by atoms with Gasteiger partial charge in [0.15, 0.2) is 5.76 Å². The fourth-order valence-electron chi connectivity index (χ4n) is 2.53. The molecule has 0 atom stereocenters. The zero-order chi connectivity index (χ0) is 16.9. The minimum absolute atomic E-state index is 0.0312. The maximum absolute atomic E-state index is 12.6. The van der Waals surface area contributed by atoms with Gasteiger partial charge in [-0.25, -0.2) is 4.98 Å². The number of hydrogen-bond acceptors (Lipinski definition) is 4. The number of benzene rings is 1. The van der Waals surface area contributed by atoms with Crippen molar-refractivity contribution < 1.29 is 13.6 Å². The Bertz CT molecular complexity index is 791. The van der Waals surface area contributed by atoms with Gasteiger partial charge in [0.2, 0.25) is 5.91 Å². The van der Waals surface area contributed by atoms with Crippen LogP contribution in [-0.4, -0.2) is 22.3 Å². The molecule has 2 heterocycles. The molecule has 0 saturated carbocycles. The van der Waals surface area contributed by atoms with Gasteiger partial charge in [-0.3, -0.25) is 4.79 Å². The number of aromatic nitrogens is 1. The van der Waals surface area contributed by atoms with E-state index < -0.39 is 0 Å². The summed E-state index contributed by atoms with van der Waals surface area (Å²) in [7, 11) is 0. The van der Waals surface area contributed by atoms with E-state index in [-0.39, 0.29) is 12.3 Å². The first-order chi connectivity index (χ1) is 11.7. The molecule has 5 heteroatoms. The van der Waals surface area contributed by atoms with Crippen molar-refractivity contribution in [2.24, 2.45) is 0 Å². The summed E-state index contributed by atoms with van der Waals surface area (Å²) in [4.78, 5) is 18.8. The minimum Gasteiger partial charge on any atom is -0.459 e. The van der Waals surface area contributed by atoms with Crippen molar-refractivity contribution in [1.29, 1.82) is 0 Å². The Balaban J connectivity index is 1.71. The van der Waals surface area contributed by atoms with Crippen LogP contribution >= 0.6 is 0 Å². The van der Waals surface area contributed by atoms with Crippen LogP contribution in [0.25, 0.3) is 11.7 Å². The molecule has 5 nitrogen and oxygen atoms in total. The lowest BCUT2D eigenvalue weighted by molar-refractivity contribution is -0.130. The Labute approximate surface area is 140 Å². The van der Waals surface area contributed by atoms with E-state index >= 15 is 0 Å². The third-order valence-electron chi connectivity index (χ3n) is 3.89. The quantitative estimate of drug-likeness (QED) is 0.691. The van der Waals surface area contributed by atoms with E-state index in [2.05, 4.69) is 4.98 Å². The van der Waals surface area contributed by atoms with Crippen LogP contribution in [0.3, 0.4) is 0 Å². The second-order valence-corrected chi connectivity index (χ2v) is 5.57. The average molecular weight is 324 g/mol. The van der Waals surface area contributed by atoms with Crippen molar-refractivity contribution in [3.63, 3.8) is 0 Å². The normalized spacial score (nSPS) is 10.8. The van der Waals surface area contributed by atoms with Crippen LogP contribution in [0.5, 0.6) is 0 Å². The molecule has 0 aliphatic rings. The molecule has 124 valence electrons. The maximum Gasteiger partial charge on any atom is 0.263 e. The predicted molar refractivity (Wildman–Crippen MR) is 90.2 cm³/mol. The minimum atomic E-state index is 0.0312. The number of hydrogen-bond donors (Lipinski definition) is 0. The van der Waals surface area contributed by atoms with Gasteiger partial charge in [-0.05, 0) is 31.5 Å². The van der Waals surface area contributed by atoms with Gasteiger partial charge < -0.3 is 13.7 Å². The molecule has 0 spiro atoms. The number of carbonyl (C=O) groups excluding carboxylic acids is 1. The summed E-state index contributed by atoms with van der Waals surface area (Å²) in [5, 5.41) is 0. The second-order valence-electron chi connectivity index (χ2n) is 5.57. The summed E-state index contributed by atoms with van der Waals surface area (Å²) < 4.78 is 10.9. The van der Waals surface area contributed by atoms with Gasteiger partial charge in [0.25, 0.3) is 5.89 Å². The van der Waals surface area contributed by atoms with E-state index in [9.17, 15) is 4.79 Å². The van der Waals surface area contributed by atoms with Gasteiger partial charge in [-0.15, -0.1) is 0 Å². The van der Waals surface area contributed by atoms with Gasteiger partial charge in [0, 0.05) is 13.1 Å². The first kappa shape index (κ1) is 16.1. The van der Waals surface area contributed by atoms with Crippen molar-refractivity contribution in [3.8, 4) is 11.7 Å². The summed E-state index contributed by atoms with van der Waals surface area (Å²) in [6.07, 6.45) is 1.79. The second kappa shape index (κ2) is 7.17. The number of furan rings is 1. The third-order valence-corrected chi connectivity index (χ3v) is 3.89. The standard InChI is InChI=1S/C19H20N2O3/c1-3-21(13-15-8-5-4-6-9-15)18(22)12-16-14(2)24-19(20-16)17-10-7-11-23-17/h4-11H,3,12-13H2,1-2H3. The lowest BCUT2D eigenvalue weighted by Gasteiger charge is -2.20. The lowest BCUT2D eigenvalue weighted by atomic mass is 10.2. The number of nitrogens with zero attached hydrogens (tertiary/aromatic N) is 2. The Morgan fingerprint density at radius 1 is 1.17 bits per heavy atom. The molecular weight excluding hydrogens is 304 g/mol. The van der Waals surface area contributed by atoms with Gasteiger partial charge in [-0.2, -0.15) is 0 Å². The summed E-state index contributed by atoms with van der Waals surface area (Å²) in [6, 6.07) is 13.5. The maximum atomic E-state index is 12.6. The first-order valence-corrected chi connectivity index (χ1v) is 7.99. The number of aryl methyl sites for hydroxylation is 1. The largest absolute Gasteiger partial charge is 0.459 e. The monoisotopic (exact) mass is 324 g/mol. The van der Waals surface area contributed by atoms with Crippen LogP contribution in [0.15, 0.2) is 57.6 Å². The van der Waals surface area contributed by atoms with Crippen molar-refractivity contribution in [3.05, 3.63) is 65.7 Å². The van der Waals surface area contributed by atoms with Crippen LogP contribution in [-0.2, 0) is 17.8 Å². The Kier molecular flexibility index (Phi) is 4.79. The molecule has 0 aliphatic carbocycles. The number of oxazole rings is 1. The summed E-state index contributed by atoms with van der Waals surface area (Å²) in [5.74, 6) is 1.65. The van der Waals surface area contributed by atoms with E-state index in [0.717, 1.165) is 5.56 Å². The van der Waals surface area contributed by atoms with Crippen LogP contribution < -0.4 is 0 Å². The van der Waals surface area contributed by atoms with Crippen molar-refractivity contribution >= 4 is 5.91 Å². The molecule has 3 aromatic rings. The fourth-order valence-corrected chi connectivity index (χ4v) is 2.53. The van der Waals surface area contributed by atoms with E-state index in [4.69, 9.17) is 8.83 Å². The fraction of sp³-hybridized carbons (Fsp3) is 0.263. The Morgan fingerprint density at radius 3 is 2.62 bits per heavy atom. The summed E-state index contributed by atoms with van der Waals surface area (Å²) in [6.45, 7) is 5.04. The molecule has 1 amide bonds. The van der Waals surface area contributed by atoms with E-state index in [1.807, 2.05) is 49.1 Å². The van der Waals surface area contributed by atoms with Gasteiger partial charge in [0.1, 0.15) is 5.76 Å². The highest BCUT2D eigenvalue weighted by molar-refractivity contribution is 5.78. The van der Waals surface area contributed by atoms with Crippen LogP contribution in [0.2, 0.25) is 0 Å². The van der Waals surface area contributed by atoms with Crippen LogP contribution in [0.4, 0.5) is 0 Å². The zero-order valence-electron chi connectivity index (χ0n) is 13.9. The lowest BCUT2D eigenvalue weighted by Crippen LogP contribution is -2.31.